The summed E-state index contributed by atoms with van der Waals surface area (Å²) >= 11 is 0. The van der Waals surface area contributed by atoms with Crippen LogP contribution >= 0.6 is 0 Å². The van der Waals surface area contributed by atoms with Gasteiger partial charge in [-0.3, -0.25) is 4.98 Å². The topological polar surface area (TPSA) is 64.3 Å². The van der Waals surface area contributed by atoms with Crippen molar-refractivity contribution < 1.29 is 4.74 Å². The summed E-state index contributed by atoms with van der Waals surface area (Å²) in [4.78, 5) is 10.7. The van der Waals surface area contributed by atoms with Crippen LogP contribution in [0.1, 0.15) is 26.7 Å². The van der Waals surface area contributed by atoms with Gasteiger partial charge in [-0.05, 0) is 26.3 Å². The van der Waals surface area contributed by atoms with Gasteiger partial charge in [0.15, 0.2) is 5.82 Å². The second kappa shape index (κ2) is 7.84. The zero-order chi connectivity index (χ0) is 12.5. The van der Waals surface area contributed by atoms with Gasteiger partial charge in [0.2, 0.25) is 5.88 Å². The van der Waals surface area contributed by atoms with Crippen molar-refractivity contribution in [2.24, 2.45) is 5.73 Å². The van der Waals surface area contributed by atoms with Gasteiger partial charge in [-0.1, -0.05) is 6.92 Å². The van der Waals surface area contributed by atoms with Gasteiger partial charge < -0.3 is 15.4 Å². The summed E-state index contributed by atoms with van der Waals surface area (Å²) in [5.74, 6) is 1.45. The van der Waals surface area contributed by atoms with E-state index < -0.39 is 0 Å². The van der Waals surface area contributed by atoms with Gasteiger partial charge in [0, 0.05) is 13.1 Å². The molecule has 0 amide bonds. The van der Waals surface area contributed by atoms with Crippen LogP contribution in [-0.4, -0.2) is 36.2 Å². The number of anilines is 1. The molecule has 0 spiro atoms. The van der Waals surface area contributed by atoms with Crippen molar-refractivity contribution in [1.29, 1.82) is 0 Å². The SMILES string of the molecule is CCCOc1cncc(N(CC)CCCN)n1. The molecule has 1 aromatic heterocycles. The van der Waals surface area contributed by atoms with Crippen LogP contribution in [0.2, 0.25) is 0 Å². The molecule has 0 fully saturated rings. The lowest BCUT2D eigenvalue weighted by molar-refractivity contribution is 0.304. The molecule has 0 aliphatic rings. The predicted octanol–water partition coefficient (Wildman–Crippen LogP) is 1.44. The number of rotatable bonds is 8. The van der Waals surface area contributed by atoms with Crippen molar-refractivity contribution in [2.75, 3.05) is 31.1 Å². The van der Waals surface area contributed by atoms with E-state index in [1.54, 1.807) is 12.4 Å². The number of nitrogens with two attached hydrogens (primary N) is 1. The minimum absolute atomic E-state index is 0.593. The van der Waals surface area contributed by atoms with Crippen LogP contribution in [0.25, 0.3) is 0 Å². The molecule has 0 radical (unpaired) electrons. The molecule has 5 nitrogen and oxygen atoms in total. The first-order valence-electron chi connectivity index (χ1n) is 6.21. The van der Waals surface area contributed by atoms with Crippen molar-refractivity contribution in [1.82, 2.24) is 9.97 Å². The minimum atomic E-state index is 0.593. The van der Waals surface area contributed by atoms with Gasteiger partial charge in [0.25, 0.3) is 0 Å². The highest BCUT2D eigenvalue weighted by Crippen LogP contribution is 2.14. The fraction of sp³-hybridized carbons (Fsp3) is 0.667. The molecule has 0 saturated heterocycles. The van der Waals surface area contributed by atoms with Crippen molar-refractivity contribution in [3.05, 3.63) is 12.4 Å². The largest absolute Gasteiger partial charge is 0.477 e. The molecule has 0 aromatic carbocycles. The quantitative estimate of drug-likeness (QED) is 0.742. The molecule has 0 saturated carbocycles. The maximum absolute atomic E-state index is 5.52. The van der Waals surface area contributed by atoms with Crippen LogP contribution in [0.15, 0.2) is 12.4 Å². The summed E-state index contributed by atoms with van der Waals surface area (Å²) < 4.78 is 5.47. The summed E-state index contributed by atoms with van der Waals surface area (Å²) in [6.07, 6.45) is 5.33. The lowest BCUT2D eigenvalue weighted by Gasteiger charge is -2.21. The molecule has 1 heterocycles. The van der Waals surface area contributed by atoms with Crippen LogP contribution in [0, 0.1) is 0 Å². The highest BCUT2D eigenvalue weighted by molar-refractivity contribution is 5.37. The van der Waals surface area contributed by atoms with Gasteiger partial charge in [0.05, 0.1) is 19.0 Å². The van der Waals surface area contributed by atoms with Crippen molar-refractivity contribution >= 4 is 5.82 Å². The predicted molar refractivity (Wildman–Crippen MR) is 69.4 cm³/mol. The molecule has 17 heavy (non-hydrogen) atoms. The van der Waals surface area contributed by atoms with Crippen molar-refractivity contribution in [3.63, 3.8) is 0 Å². The summed E-state index contributed by atoms with van der Waals surface area (Å²) in [7, 11) is 0. The third-order valence-electron chi connectivity index (χ3n) is 2.39. The second-order valence-electron chi connectivity index (χ2n) is 3.79. The molecule has 0 bridgehead atoms. The van der Waals surface area contributed by atoms with Crippen LogP contribution in [-0.2, 0) is 0 Å². The Morgan fingerprint density at radius 3 is 2.82 bits per heavy atom. The number of ether oxygens (including phenoxy) is 1. The van der Waals surface area contributed by atoms with E-state index in [0.29, 0.717) is 19.0 Å². The zero-order valence-electron chi connectivity index (χ0n) is 10.7. The Labute approximate surface area is 103 Å². The summed E-state index contributed by atoms with van der Waals surface area (Å²) in [6, 6.07) is 0. The maximum Gasteiger partial charge on any atom is 0.234 e. The highest BCUT2D eigenvalue weighted by Gasteiger charge is 2.07. The fourth-order valence-electron chi connectivity index (χ4n) is 1.48. The first-order chi connectivity index (χ1) is 8.31. The van der Waals surface area contributed by atoms with Gasteiger partial charge >= 0.3 is 0 Å². The monoisotopic (exact) mass is 238 g/mol. The number of hydrogen-bond donors (Lipinski definition) is 1. The van der Waals surface area contributed by atoms with E-state index in [0.717, 1.165) is 31.7 Å². The molecular weight excluding hydrogens is 216 g/mol. The smallest absolute Gasteiger partial charge is 0.234 e. The molecule has 1 rings (SSSR count). The average Bonchev–Trinajstić information content (AvgIpc) is 2.38. The molecule has 0 unspecified atom stereocenters. The van der Waals surface area contributed by atoms with E-state index >= 15 is 0 Å². The molecule has 5 heteroatoms. The average molecular weight is 238 g/mol. The second-order valence-corrected chi connectivity index (χ2v) is 3.79. The molecular formula is C12H22N4O. The fourth-order valence-corrected chi connectivity index (χ4v) is 1.48. The van der Waals surface area contributed by atoms with Gasteiger partial charge in [0.1, 0.15) is 0 Å². The van der Waals surface area contributed by atoms with Crippen LogP contribution < -0.4 is 15.4 Å². The van der Waals surface area contributed by atoms with Gasteiger partial charge in [-0.2, -0.15) is 4.98 Å². The third-order valence-corrected chi connectivity index (χ3v) is 2.39. The first kappa shape index (κ1) is 13.7. The van der Waals surface area contributed by atoms with Crippen LogP contribution in [0.3, 0.4) is 0 Å². The molecule has 2 N–H and O–H groups in total. The third kappa shape index (κ3) is 4.56. The van der Waals surface area contributed by atoms with E-state index in [4.69, 9.17) is 10.5 Å². The van der Waals surface area contributed by atoms with Crippen LogP contribution in [0.5, 0.6) is 5.88 Å². The first-order valence-corrected chi connectivity index (χ1v) is 6.21. The lowest BCUT2D eigenvalue weighted by atomic mass is 10.3. The standard InChI is InChI=1S/C12H22N4O/c1-3-8-17-12-10-14-9-11(15-12)16(4-2)7-5-6-13/h9-10H,3-8,13H2,1-2H3. The number of aromatic nitrogens is 2. The molecule has 1 aromatic rings. The van der Waals surface area contributed by atoms with E-state index in [2.05, 4.69) is 28.7 Å². The Morgan fingerprint density at radius 2 is 2.18 bits per heavy atom. The van der Waals surface area contributed by atoms with Gasteiger partial charge in [-0.15, -0.1) is 0 Å². The zero-order valence-corrected chi connectivity index (χ0v) is 10.7. The van der Waals surface area contributed by atoms with E-state index in [1.807, 2.05) is 0 Å². The Morgan fingerprint density at radius 1 is 1.35 bits per heavy atom. The normalized spacial score (nSPS) is 10.3. The maximum atomic E-state index is 5.52. The summed E-state index contributed by atoms with van der Waals surface area (Å²) in [5, 5.41) is 0. The molecule has 96 valence electrons. The molecule has 0 aliphatic carbocycles. The van der Waals surface area contributed by atoms with E-state index in [9.17, 15) is 0 Å². The van der Waals surface area contributed by atoms with Crippen molar-refractivity contribution in [2.45, 2.75) is 26.7 Å². The minimum Gasteiger partial charge on any atom is -0.477 e. The van der Waals surface area contributed by atoms with Crippen molar-refractivity contribution in [3.8, 4) is 5.88 Å². The Hall–Kier alpha value is -1.36. The molecule has 0 aliphatic heterocycles. The van der Waals surface area contributed by atoms with E-state index in [1.165, 1.54) is 0 Å². The lowest BCUT2D eigenvalue weighted by Crippen LogP contribution is -2.26. The Kier molecular flexibility index (Phi) is 6.32. The summed E-state index contributed by atoms with van der Waals surface area (Å²) in [5.41, 5.74) is 5.52. The number of hydrogen-bond acceptors (Lipinski definition) is 5. The number of nitrogens with zero attached hydrogens (tertiary/aromatic N) is 3. The molecule has 0 atom stereocenters. The van der Waals surface area contributed by atoms with E-state index in [-0.39, 0.29) is 0 Å². The van der Waals surface area contributed by atoms with Crippen LogP contribution in [0.4, 0.5) is 5.82 Å². The Bertz CT molecular complexity index is 319. The summed E-state index contributed by atoms with van der Waals surface area (Å²) in [6.45, 7) is 7.32. The Balaban J connectivity index is 2.66. The van der Waals surface area contributed by atoms with Gasteiger partial charge in [-0.25, -0.2) is 0 Å². The highest BCUT2D eigenvalue weighted by atomic mass is 16.5.